The molecule has 0 aliphatic carbocycles. The molecule has 2 rings (SSSR count). The van der Waals surface area contributed by atoms with Gasteiger partial charge in [-0.1, -0.05) is 6.92 Å². The van der Waals surface area contributed by atoms with Crippen molar-refractivity contribution in [3.8, 4) is 0 Å². The maximum atomic E-state index is 11.8. The molecule has 0 unspecified atom stereocenters. The zero-order chi connectivity index (χ0) is 12.3. The molecule has 0 radical (unpaired) electrons. The zero-order valence-electron chi connectivity index (χ0n) is 9.24. The highest BCUT2D eigenvalue weighted by Gasteiger charge is 2.11. The van der Waals surface area contributed by atoms with Crippen LogP contribution in [0, 0.1) is 0 Å². The smallest absolute Gasteiger partial charge is 0.292 e. The molecule has 1 N–H and O–H groups in total. The molecule has 1 amide bonds. The second-order valence-electron chi connectivity index (χ2n) is 3.44. The van der Waals surface area contributed by atoms with Crippen LogP contribution in [0.3, 0.4) is 0 Å². The summed E-state index contributed by atoms with van der Waals surface area (Å²) in [5.74, 6) is 1.29. The summed E-state index contributed by atoms with van der Waals surface area (Å²) < 4.78 is 6.20. The topological polar surface area (TPSA) is 55.1 Å². The fourth-order valence-electron chi connectivity index (χ4n) is 1.32. The van der Waals surface area contributed by atoms with Crippen molar-refractivity contribution in [3.05, 3.63) is 46.5 Å². The standard InChI is InChI=1S/C12H11BrN2O2/c1-2-9-4-5-10(17-9)12(16)15-11-6-3-8(13)7-14-11/h3-7H,2H2,1H3,(H,14,15,16). The fraction of sp³-hybridized carbons (Fsp3) is 0.167. The number of halogens is 1. The van der Waals surface area contributed by atoms with Crippen molar-refractivity contribution in [1.82, 2.24) is 4.98 Å². The van der Waals surface area contributed by atoms with Gasteiger partial charge in [0.1, 0.15) is 11.6 Å². The van der Waals surface area contributed by atoms with Gasteiger partial charge < -0.3 is 9.73 Å². The van der Waals surface area contributed by atoms with Gasteiger partial charge in [0.15, 0.2) is 5.76 Å². The lowest BCUT2D eigenvalue weighted by Crippen LogP contribution is -2.11. The number of rotatable bonds is 3. The van der Waals surface area contributed by atoms with Crippen LogP contribution in [0.2, 0.25) is 0 Å². The first kappa shape index (κ1) is 11.9. The molecule has 0 fully saturated rings. The molecule has 5 heteroatoms. The summed E-state index contributed by atoms with van der Waals surface area (Å²) in [6.45, 7) is 1.97. The minimum atomic E-state index is -0.292. The van der Waals surface area contributed by atoms with E-state index in [1.54, 1.807) is 24.4 Å². The Bertz CT molecular complexity index is 520. The normalized spacial score (nSPS) is 10.2. The SMILES string of the molecule is CCc1ccc(C(=O)Nc2ccc(Br)cn2)o1. The first-order valence-electron chi connectivity index (χ1n) is 5.20. The van der Waals surface area contributed by atoms with Gasteiger partial charge in [-0.25, -0.2) is 4.98 Å². The molecule has 0 saturated carbocycles. The summed E-state index contributed by atoms with van der Waals surface area (Å²) in [6.07, 6.45) is 2.39. The Morgan fingerprint density at radius 3 is 2.82 bits per heavy atom. The van der Waals surface area contributed by atoms with Gasteiger partial charge in [0.2, 0.25) is 0 Å². The molecule has 2 aromatic rings. The summed E-state index contributed by atoms with van der Waals surface area (Å²) in [5.41, 5.74) is 0. The van der Waals surface area contributed by atoms with Crippen LogP contribution in [0.1, 0.15) is 23.2 Å². The minimum Gasteiger partial charge on any atom is -0.456 e. The summed E-state index contributed by atoms with van der Waals surface area (Å²) in [4.78, 5) is 15.8. The van der Waals surface area contributed by atoms with Gasteiger partial charge in [0, 0.05) is 17.1 Å². The van der Waals surface area contributed by atoms with Crippen LogP contribution in [-0.2, 0) is 6.42 Å². The number of nitrogens with one attached hydrogen (secondary N) is 1. The molecule has 4 nitrogen and oxygen atoms in total. The number of nitrogens with zero attached hydrogens (tertiary/aromatic N) is 1. The molecular weight excluding hydrogens is 284 g/mol. The average Bonchev–Trinajstić information content (AvgIpc) is 2.81. The molecule has 0 bridgehead atoms. The van der Waals surface area contributed by atoms with Gasteiger partial charge in [-0.2, -0.15) is 0 Å². The third kappa shape index (κ3) is 2.94. The Balaban J connectivity index is 2.08. The Hall–Kier alpha value is -1.62. The van der Waals surface area contributed by atoms with Crippen molar-refractivity contribution in [2.45, 2.75) is 13.3 Å². The van der Waals surface area contributed by atoms with Gasteiger partial charge in [0.25, 0.3) is 5.91 Å². The maximum absolute atomic E-state index is 11.8. The predicted octanol–water partition coefficient (Wildman–Crippen LogP) is 3.25. The second-order valence-corrected chi connectivity index (χ2v) is 4.35. The zero-order valence-corrected chi connectivity index (χ0v) is 10.8. The number of anilines is 1. The van der Waals surface area contributed by atoms with Crippen LogP contribution in [0.5, 0.6) is 0 Å². The molecule has 17 heavy (non-hydrogen) atoms. The predicted molar refractivity (Wildman–Crippen MR) is 68.0 cm³/mol. The van der Waals surface area contributed by atoms with E-state index in [4.69, 9.17) is 4.42 Å². The van der Waals surface area contributed by atoms with Crippen LogP contribution in [0.15, 0.2) is 39.4 Å². The number of carbonyl (C=O) groups excluding carboxylic acids is 1. The lowest BCUT2D eigenvalue weighted by molar-refractivity contribution is 0.0994. The van der Waals surface area contributed by atoms with Crippen LogP contribution < -0.4 is 5.32 Å². The number of aromatic nitrogens is 1. The molecule has 88 valence electrons. The molecule has 0 saturated heterocycles. The second kappa shape index (κ2) is 5.14. The van der Waals surface area contributed by atoms with Gasteiger partial charge in [-0.15, -0.1) is 0 Å². The monoisotopic (exact) mass is 294 g/mol. The molecule has 2 aromatic heterocycles. The van der Waals surface area contributed by atoms with E-state index in [-0.39, 0.29) is 5.91 Å². The molecule has 0 aromatic carbocycles. The summed E-state index contributed by atoms with van der Waals surface area (Å²) in [5, 5.41) is 2.66. The number of carbonyl (C=O) groups is 1. The van der Waals surface area contributed by atoms with E-state index in [0.29, 0.717) is 11.6 Å². The minimum absolute atomic E-state index is 0.292. The van der Waals surface area contributed by atoms with Gasteiger partial charge in [-0.05, 0) is 40.2 Å². The number of furan rings is 1. The lowest BCUT2D eigenvalue weighted by atomic mass is 10.3. The van der Waals surface area contributed by atoms with Crippen molar-refractivity contribution < 1.29 is 9.21 Å². The molecule has 0 spiro atoms. The summed E-state index contributed by atoms with van der Waals surface area (Å²) >= 11 is 3.28. The molecule has 0 aliphatic heterocycles. The highest BCUT2D eigenvalue weighted by Crippen LogP contribution is 2.13. The van der Waals surface area contributed by atoms with Crippen LogP contribution in [0.25, 0.3) is 0 Å². The van der Waals surface area contributed by atoms with Crippen molar-refractivity contribution >= 4 is 27.7 Å². The van der Waals surface area contributed by atoms with Crippen molar-refractivity contribution in [2.24, 2.45) is 0 Å². The van der Waals surface area contributed by atoms with E-state index in [1.807, 2.05) is 13.0 Å². The molecule has 0 atom stereocenters. The first-order chi connectivity index (χ1) is 8.19. The van der Waals surface area contributed by atoms with Gasteiger partial charge >= 0.3 is 0 Å². The highest BCUT2D eigenvalue weighted by atomic mass is 79.9. The molecule has 2 heterocycles. The third-order valence-electron chi connectivity index (χ3n) is 2.20. The van der Waals surface area contributed by atoms with Crippen LogP contribution in [-0.4, -0.2) is 10.9 Å². The average molecular weight is 295 g/mol. The van der Waals surface area contributed by atoms with E-state index < -0.39 is 0 Å². The van der Waals surface area contributed by atoms with E-state index >= 15 is 0 Å². The third-order valence-corrected chi connectivity index (χ3v) is 2.67. The number of aryl methyl sites for hydroxylation is 1. The fourth-order valence-corrected chi connectivity index (χ4v) is 1.55. The quantitative estimate of drug-likeness (QED) is 0.945. The van der Waals surface area contributed by atoms with Crippen molar-refractivity contribution in [1.29, 1.82) is 0 Å². The Kier molecular flexibility index (Phi) is 3.58. The summed E-state index contributed by atoms with van der Waals surface area (Å²) in [7, 11) is 0. The molecule has 0 aliphatic rings. The Morgan fingerprint density at radius 2 is 2.24 bits per heavy atom. The van der Waals surface area contributed by atoms with Crippen molar-refractivity contribution in [3.63, 3.8) is 0 Å². The van der Waals surface area contributed by atoms with Crippen LogP contribution in [0.4, 0.5) is 5.82 Å². The Morgan fingerprint density at radius 1 is 1.41 bits per heavy atom. The highest BCUT2D eigenvalue weighted by molar-refractivity contribution is 9.10. The number of hydrogen-bond donors (Lipinski definition) is 1. The maximum Gasteiger partial charge on any atom is 0.292 e. The largest absolute Gasteiger partial charge is 0.456 e. The van der Waals surface area contributed by atoms with Crippen LogP contribution >= 0.6 is 15.9 Å². The number of amides is 1. The van der Waals surface area contributed by atoms with Gasteiger partial charge in [-0.3, -0.25) is 4.79 Å². The van der Waals surface area contributed by atoms with E-state index in [0.717, 1.165) is 16.7 Å². The summed E-state index contributed by atoms with van der Waals surface area (Å²) in [6, 6.07) is 6.98. The van der Waals surface area contributed by atoms with Crippen molar-refractivity contribution in [2.75, 3.05) is 5.32 Å². The Labute approximate surface area is 107 Å². The van der Waals surface area contributed by atoms with Gasteiger partial charge in [0.05, 0.1) is 0 Å². The van der Waals surface area contributed by atoms with E-state index in [2.05, 4.69) is 26.2 Å². The van der Waals surface area contributed by atoms with E-state index in [1.165, 1.54) is 0 Å². The number of pyridine rings is 1. The lowest BCUT2D eigenvalue weighted by Gasteiger charge is -2.01. The first-order valence-corrected chi connectivity index (χ1v) is 6.00. The molecular formula is C12H11BrN2O2. The van der Waals surface area contributed by atoms with E-state index in [9.17, 15) is 4.79 Å². The number of hydrogen-bond acceptors (Lipinski definition) is 3.